The van der Waals surface area contributed by atoms with E-state index in [2.05, 4.69) is 15.4 Å². The van der Waals surface area contributed by atoms with E-state index >= 15 is 0 Å². The number of nitrogens with zero attached hydrogens (tertiary/aromatic N) is 1. The molecule has 1 heterocycles. The lowest BCUT2D eigenvalue weighted by molar-refractivity contribution is -0.274. The number of hydrogen-bond donors (Lipinski definition) is 3. The Labute approximate surface area is 203 Å². The van der Waals surface area contributed by atoms with Crippen molar-refractivity contribution in [2.24, 2.45) is 0 Å². The van der Waals surface area contributed by atoms with Crippen molar-refractivity contribution in [2.45, 2.75) is 31.8 Å². The molecule has 2 aromatic carbocycles. The molecule has 0 bridgehead atoms. The summed E-state index contributed by atoms with van der Waals surface area (Å²) in [6.07, 6.45) is -4.07. The van der Waals surface area contributed by atoms with E-state index in [0.29, 0.717) is 16.7 Å². The average molecular weight is 505 g/mol. The van der Waals surface area contributed by atoms with Gasteiger partial charge in [-0.1, -0.05) is 30.3 Å². The molecular weight excluding hydrogens is 483 g/mol. The van der Waals surface area contributed by atoms with Crippen molar-refractivity contribution < 1.29 is 42.2 Å². The molecule has 0 saturated carbocycles. The third kappa shape index (κ3) is 6.62. The van der Waals surface area contributed by atoms with Crippen LogP contribution < -0.4 is 15.4 Å². The van der Waals surface area contributed by atoms with E-state index < -0.39 is 54.3 Å². The van der Waals surface area contributed by atoms with Crippen LogP contribution in [0.15, 0.2) is 60.3 Å². The largest absolute Gasteiger partial charge is 0.573 e. The summed E-state index contributed by atoms with van der Waals surface area (Å²) in [7, 11) is 1.43. The van der Waals surface area contributed by atoms with E-state index in [0.717, 1.165) is 11.0 Å². The topological polar surface area (TPSA) is 125 Å². The number of carboxylic acid groups (broad SMARTS) is 1. The molecule has 0 fully saturated rings. The lowest BCUT2D eigenvalue weighted by atomic mass is 9.97. The second-order valence-corrected chi connectivity index (χ2v) is 8.03. The summed E-state index contributed by atoms with van der Waals surface area (Å²) in [4.78, 5) is 49.9. The maximum atomic E-state index is 12.6. The fraction of sp³-hybridized carbons (Fsp3) is 0.250. The number of Topliss-reactive ketones (excluding diaryl/α,β-unsaturated/α-hetero) is 1. The molecule has 2 unspecified atom stereocenters. The molecule has 2 atom stereocenters. The Morgan fingerprint density at radius 2 is 1.75 bits per heavy atom. The second-order valence-electron chi connectivity index (χ2n) is 8.03. The van der Waals surface area contributed by atoms with Crippen LogP contribution in [-0.2, 0) is 14.4 Å². The molecule has 1 aliphatic heterocycles. The van der Waals surface area contributed by atoms with Crippen molar-refractivity contribution in [3.63, 3.8) is 0 Å². The lowest BCUT2D eigenvalue weighted by Gasteiger charge is -2.27. The number of ketones is 1. The minimum Gasteiger partial charge on any atom is -0.481 e. The maximum Gasteiger partial charge on any atom is 0.573 e. The zero-order valence-electron chi connectivity index (χ0n) is 19.1. The summed E-state index contributed by atoms with van der Waals surface area (Å²) in [5.41, 5.74) is 1.40. The number of carboxylic acids is 1. The summed E-state index contributed by atoms with van der Waals surface area (Å²) in [6.45, 7) is 1.49. The third-order valence-electron chi connectivity index (χ3n) is 5.28. The number of likely N-dealkylation sites (N-methyl/N-ethyl adjacent to an activating group) is 1. The highest BCUT2D eigenvalue weighted by molar-refractivity contribution is 6.16. The molecule has 3 amide bonds. The standard InChI is InChI=1S/C24H22F3N3O6/c1-13-12-30(2)22(34)20(21(13)33)29-23(35)28-18(11-19(31)32)16-7-3-5-14(9-16)15-6-4-8-17(10-15)36-24(25,26)27/h3-10,12,18,20H,11H2,1-2H3,(H,31,32)(H2,28,29,35). The SMILES string of the molecule is CC1=CN(C)C(=O)C(NC(=O)NC(CC(=O)O)c2cccc(-c3cccc(OC(F)(F)F)c3)c2)C1=O. The first-order valence-electron chi connectivity index (χ1n) is 10.6. The molecule has 0 spiro atoms. The molecule has 9 nitrogen and oxygen atoms in total. The first-order valence-corrected chi connectivity index (χ1v) is 10.6. The van der Waals surface area contributed by atoms with E-state index in [-0.39, 0.29) is 5.57 Å². The van der Waals surface area contributed by atoms with Gasteiger partial charge in [0.1, 0.15) is 5.75 Å². The molecule has 3 rings (SSSR count). The number of aliphatic carboxylic acids is 1. The zero-order chi connectivity index (χ0) is 26.6. The molecule has 0 saturated heterocycles. The number of rotatable bonds is 7. The first-order chi connectivity index (χ1) is 16.8. The second kappa shape index (κ2) is 10.5. The Balaban J connectivity index is 1.83. The highest BCUT2D eigenvalue weighted by atomic mass is 19.4. The van der Waals surface area contributed by atoms with E-state index in [1.165, 1.54) is 44.4 Å². The maximum absolute atomic E-state index is 12.6. The number of hydrogen-bond acceptors (Lipinski definition) is 5. The first kappa shape index (κ1) is 26.3. The third-order valence-corrected chi connectivity index (χ3v) is 5.28. The van der Waals surface area contributed by atoms with Crippen LogP contribution in [0.2, 0.25) is 0 Å². The van der Waals surface area contributed by atoms with Gasteiger partial charge in [0, 0.05) is 18.8 Å². The average Bonchev–Trinajstić information content (AvgIpc) is 2.79. The minimum absolute atomic E-state index is 0.258. The molecule has 2 aromatic rings. The smallest absolute Gasteiger partial charge is 0.481 e. The van der Waals surface area contributed by atoms with Gasteiger partial charge < -0.3 is 25.4 Å². The predicted octanol–water partition coefficient (Wildman–Crippen LogP) is 3.38. The van der Waals surface area contributed by atoms with Crippen LogP contribution >= 0.6 is 0 Å². The van der Waals surface area contributed by atoms with Crippen LogP contribution in [0.5, 0.6) is 5.75 Å². The fourth-order valence-electron chi connectivity index (χ4n) is 3.65. The van der Waals surface area contributed by atoms with Crippen LogP contribution in [0, 0.1) is 0 Å². The van der Waals surface area contributed by atoms with Gasteiger partial charge in [-0.05, 0) is 41.8 Å². The molecule has 0 aliphatic carbocycles. The van der Waals surface area contributed by atoms with E-state index in [1.807, 2.05) is 0 Å². The van der Waals surface area contributed by atoms with Gasteiger partial charge in [-0.3, -0.25) is 14.4 Å². The van der Waals surface area contributed by atoms with E-state index in [1.54, 1.807) is 18.2 Å². The van der Waals surface area contributed by atoms with Crippen molar-refractivity contribution in [2.75, 3.05) is 7.05 Å². The molecule has 0 radical (unpaired) electrons. The normalized spacial score (nSPS) is 16.8. The Kier molecular flexibility index (Phi) is 7.66. The summed E-state index contributed by atoms with van der Waals surface area (Å²) in [5.74, 6) is -2.92. The molecule has 36 heavy (non-hydrogen) atoms. The van der Waals surface area contributed by atoms with E-state index in [4.69, 9.17) is 0 Å². The van der Waals surface area contributed by atoms with Crippen molar-refractivity contribution in [1.82, 2.24) is 15.5 Å². The van der Waals surface area contributed by atoms with Crippen molar-refractivity contribution in [1.29, 1.82) is 0 Å². The highest BCUT2D eigenvalue weighted by Crippen LogP contribution is 2.30. The number of ether oxygens (including phenoxy) is 1. The minimum atomic E-state index is -4.87. The number of benzene rings is 2. The quantitative estimate of drug-likeness (QED) is 0.496. The number of carbonyl (C=O) groups excluding carboxylic acids is 3. The van der Waals surface area contributed by atoms with Gasteiger partial charge in [0.15, 0.2) is 11.8 Å². The van der Waals surface area contributed by atoms with Crippen LogP contribution in [0.4, 0.5) is 18.0 Å². The van der Waals surface area contributed by atoms with Gasteiger partial charge in [0.25, 0.3) is 5.91 Å². The summed E-state index contributed by atoms with van der Waals surface area (Å²) >= 11 is 0. The van der Waals surface area contributed by atoms with Crippen molar-refractivity contribution >= 4 is 23.7 Å². The molecule has 190 valence electrons. The molecule has 0 aromatic heterocycles. The van der Waals surface area contributed by atoms with Crippen molar-refractivity contribution in [3.05, 3.63) is 65.9 Å². The van der Waals surface area contributed by atoms with Gasteiger partial charge in [0.2, 0.25) is 0 Å². The Bertz CT molecular complexity index is 1230. The Hall–Kier alpha value is -4.35. The van der Waals surface area contributed by atoms with Gasteiger partial charge in [-0.25, -0.2) is 4.79 Å². The fourth-order valence-corrected chi connectivity index (χ4v) is 3.65. The molecule has 12 heteroatoms. The monoisotopic (exact) mass is 505 g/mol. The molecule has 3 N–H and O–H groups in total. The van der Waals surface area contributed by atoms with Gasteiger partial charge in [0.05, 0.1) is 12.5 Å². The van der Waals surface area contributed by atoms with Gasteiger partial charge in [-0.15, -0.1) is 13.2 Å². The lowest BCUT2D eigenvalue weighted by Crippen LogP contribution is -2.56. The highest BCUT2D eigenvalue weighted by Gasteiger charge is 2.35. The zero-order valence-corrected chi connectivity index (χ0v) is 19.1. The van der Waals surface area contributed by atoms with Crippen LogP contribution in [0.3, 0.4) is 0 Å². The van der Waals surface area contributed by atoms with Crippen LogP contribution in [-0.4, -0.2) is 53.1 Å². The number of amides is 3. The van der Waals surface area contributed by atoms with E-state index in [9.17, 15) is 37.5 Å². The number of urea groups is 1. The number of nitrogens with one attached hydrogen (secondary N) is 2. The molecule has 1 aliphatic rings. The summed E-state index contributed by atoms with van der Waals surface area (Å²) in [5, 5.41) is 14.1. The number of halogens is 3. The summed E-state index contributed by atoms with van der Waals surface area (Å²) in [6, 6.07) is 7.93. The van der Waals surface area contributed by atoms with Crippen molar-refractivity contribution in [3.8, 4) is 16.9 Å². The summed E-state index contributed by atoms with van der Waals surface area (Å²) < 4.78 is 41.7. The number of carbonyl (C=O) groups is 4. The van der Waals surface area contributed by atoms with Crippen LogP contribution in [0.25, 0.3) is 11.1 Å². The Morgan fingerprint density at radius 3 is 2.39 bits per heavy atom. The predicted molar refractivity (Wildman–Crippen MR) is 121 cm³/mol. The molecular formula is C24H22F3N3O6. The van der Waals surface area contributed by atoms with Gasteiger partial charge in [-0.2, -0.15) is 0 Å². The number of alkyl halides is 3. The van der Waals surface area contributed by atoms with Gasteiger partial charge >= 0.3 is 18.4 Å². The Morgan fingerprint density at radius 1 is 1.11 bits per heavy atom. The van der Waals surface area contributed by atoms with Crippen LogP contribution in [0.1, 0.15) is 24.9 Å².